The lowest BCUT2D eigenvalue weighted by molar-refractivity contribution is -0.350. The molecule has 0 aromatic heterocycles. The topological polar surface area (TPSA) is 272 Å². The molecule has 0 aromatic carbocycles. The third-order valence-corrected chi connectivity index (χ3v) is 7.70. The van der Waals surface area contributed by atoms with Crippen LogP contribution in [0.5, 0.6) is 0 Å². The van der Waals surface area contributed by atoms with Crippen LogP contribution in [0.15, 0.2) is 0 Å². The second-order valence-electron chi connectivity index (χ2n) is 10.6. The van der Waals surface area contributed by atoms with Gasteiger partial charge in [0, 0.05) is 0 Å². The van der Waals surface area contributed by atoms with Crippen LogP contribution in [0.2, 0.25) is 0 Å². The first-order chi connectivity index (χ1) is 19.1. The Morgan fingerprint density at radius 2 is 1.23 bits per heavy atom. The number of nitrogens with two attached hydrogens (primary N) is 2. The maximum atomic E-state index is 11.4. The lowest BCUT2D eigenvalue weighted by atomic mass is 9.94. The van der Waals surface area contributed by atoms with Crippen molar-refractivity contribution >= 4 is 0 Å². The first-order valence-electron chi connectivity index (χ1n) is 13.8. The first-order valence-corrected chi connectivity index (χ1v) is 13.8. The number of aliphatic hydroxyl groups is 8. The van der Waals surface area contributed by atoms with Gasteiger partial charge in [-0.1, -0.05) is 26.2 Å². The molecule has 3 heterocycles. The van der Waals surface area contributed by atoms with E-state index in [0.29, 0.717) is 6.54 Å². The fourth-order valence-corrected chi connectivity index (χ4v) is 5.19. The smallest absolute Gasteiger partial charge is 0.176 e. The summed E-state index contributed by atoms with van der Waals surface area (Å²) in [6.45, 7) is 0.586. The minimum absolute atomic E-state index is 0.434. The quantitative estimate of drug-likeness (QED) is 0.0900. The van der Waals surface area contributed by atoms with E-state index in [0.717, 1.165) is 25.7 Å². The van der Waals surface area contributed by atoms with Crippen LogP contribution in [0, 0.1) is 0 Å². The third kappa shape index (κ3) is 7.65. The molecule has 0 saturated carbocycles. The number of aliphatic hydroxyl groups excluding tert-OH is 8. The van der Waals surface area contributed by atoms with Crippen molar-refractivity contribution < 1.29 is 64.5 Å². The normalized spacial score (nSPS) is 46.4. The maximum absolute atomic E-state index is 11.4. The summed E-state index contributed by atoms with van der Waals surface area (Å²) in [6.07, 6.45) is -12.6. The van der Waals surface area contributed by atoms with E-state index in [9.17, 15) is 40.9 Å². The van der Waals surface area contributed by atoms with Crippen molar-refractivity contribution in [3.63, 3.8) is 0 Å². The average molecular weight is 586 g/mol. The van der Waals surface area contributed by atoms with Crippen LogP contribution >= 0.6 is 0 Å². The van der Waals surface area contributed by atoms with Gasteiger partial charge in [-0.2, -0.15) is 0 Å². The highest BCUT2D eigenvalue weighted by molar-refractivity contribution is 4.99. The molecule has 0 radical (unpaired) electrons. The van der Waals surface area contributed by atoms with Gasteiger partial charge in [0.15, 0.2) is 18.9 Å². The summed E-state index contributed by atoms with van der Waals surface area (Å²) < 4.78 is 28.6. The Bertz CT molecular complexity index is 740. The molecule has 0 amide bonds. The summed E-state index contributed by atoms with van der Waals surface area (Å²) >= 11 is 0. The molecule has 13 N–H and O–H groups in total. The van der Waals surface area contributed by atoms with Gasteiger partial charge in [-0.15, -0.1) is 0 Å². The summed E-state index contributed by atoms with van der Waals surface area (Å²) in [5, 5.41) is 85.0. The zero-order valence-electron chi connectivity index (χ0n) is 22.6. The summed E-state index contributed by atoms with van der Waals surface area (Å²) in [5.74, 6) is 0. The number of hydrogen-bond acceptors (Lipinski definition) is 16. The van der Waals surface area contributed by atoms with Crippen molar-refractivity contribution in [2.24, 2.45) is 11.5 Å². The molecule has 3 saturated heterocycles. The van der Waals surface area contributed by atoms with Gasteiger partial charge in [0.2, 0.25) is 0 Å². The van der Waals surface area contributed by atoms with Crippen LogP contribution in [0.1, 0.15) is 32.6 Å². The molecule has 16 nitrogen and oxygen atoms in total. The van der Waals surface area contributed by atoms with Crippen LogP contribution in [0.3, 0.4) is 0 Å². The molecule has 0 aromatic rings. The zero-order chi connectivity index (χ0) is 29.6. The molecule has 40 heavy (non-hydrogen) atoms. The van der Waals surface area contributed by atoms with Gasteiger partial charge in [0.1, 0.15) is 54.9 Å². The predicted octanol–water partition coefficient (Wildman–Crippen LogP) is -5.46. The van der Waals surface area contributed by atoms with Crippen molar-refractivity contribution in [1.82, 2.24) is 5.32 Å². The van der Waals surface area contributed by atoms with E-state index in [1.807, 2.05) is 0 Å². The van der Waals surface area contributed by atoms with E-state index >= 15 is 0 Å². The largest absolute Gasteiger partial charge is 0.394 e. The Morgan fingerprint density at radius 1 is 0.650 bits per heavy atom. The SMILES string of the molecule is CCCCCCN[C@H]1[C@H](OC2[C@@H](CO)O[C@@H](O)[C@H](N)[C@H]2O)O[C@H](CO)C(O[C@@H]2O[C@H](CO)[C@@H](O)[C@H](O)[C@H]2N)[C@@H]1O. The highest BCUT2D eigenvalue weighted by atomic mass is 16.7. The molecule has 236 valence electrons. The molecular formula is C24H47N3O13. The summed E-state index contributed by atoms with van der Waals surface area (Å²) in [5.41, 5.74) is 11.8. The van der Waals surface area contributed by atoms with Gasteiger partial charge >= 0.3 is 0 Å². The number of rotatable bonds is 13. The monoisotopic (exact) mass is 585 g/mol. The molecule has 0 bridgehead atoms. The molecule has 3 aliphatic rings. The van der Waals surface area contributed by atoms with Crippen molar-refractivity contribution in [2.45, 2.75) is 125 Å². The van der Waals surface area contributed by atoms with Gasteiger partial charge in [-0.25, -0.2) is 0 Å². The van der Waals surface area contributed by atoms with E-state index in [4.69, 9.17) is 35.2 Å². The molecular weight excluding hydrogens is 538 g/mol. The number of nitrogens with one attached hydrogen (secondary N) is 1. The van der Waals surface area contributed by atoms with Crippen LogP contribution in [-0.4, -0.2) is 159 Å². The van der Waals surface area contributed by atoms with Crippen LogP contribution in [0.4, 0.5) is 0 Å². The minimum Gasteiger partial charge on any atom is -0.394 e. The van der Waals surface area contributed by atoms with E-state index < -0.39 is 112 Å². The fourth-order valence-electron chi connectivity index (χ4n) is 5.19. The van der Waals surface area contributed by atoms with Crippen molar-refractivity contribution in [3.05, 3.63) is 0 Å². The molecule has 3 aliphatic heterocycles. The highest BCUT2D eigenvalue weighted by Gasteiger charge is 2.53. The van der Waals surface area contributed by atoms with Crippen LogP contribution in [0.25, 0.3) is 0 Å². The first kappa shape index (κ1) is 33.9. The molecule has 2 unspecified atom stereocenters. The lowest BCUT2D eigenvalue weighted by Crippen LogP contribution is -2.70. The lowest BCUT2D eigenvalue weighted by Gasteiger charge is -2.49. The zero-order valence-corrected chi connectivity index (χ0v) is 22.6. The van der Waals surface area contributed by atoms with E-state index in [1.165, 1.54) is 0 Å². The summed E-state index contributed by atoms with van der Waals surface area (Å²) in [7, 11) is 0. The van der Waals surface area contributed by atoms with Crippen LogP contribution in [-0.2, 0) is 23.7 Å². The number of hydrogen-bond donors (Lipinski definition) is 11. The molecule has 3 fully saturated rings. The summed E-state index contributed by atoms with van der Waals surface area (Å²) in [4.78, 5) is 0. The van der Waals surface area contributed by atoms with Gasteiger partial charge in [-0.3, -0.25) is 0 Å². The van der Waals surface area contributed by atoms with Crippen molar-refractivity contribution in [1.29, 1.82) is 0 Å². The second kappa shape index (κ2) is 15.7. The second-order valence-corrected chi connectivity index (χ2v) is 10.6. The Labute approximate surface area is 232 Å². The van der Waals surface area contributed by atoms with Gasteiger partial charge < -0.3 is 81.3 Å². The molecule has 15 atom stereocenters. The van der Waals surface area contributed by atoms with Gasteiger partial charge in [-0.05, 0) is 13.0 Å². The minimum atomic E-state index is -1.54. The number of unbranched alkanes of at least 4 members (excludes halogenated alkanes) is 3. The van der Waals surface area contributed by atoms with Crippen molar-refractivity contribution in [3.8, 4) is 0 Å². The standard InChI is InChI=1S/C24H47N3O13/c1-2-3-4-5-6-27-15-19(34)21(39-23-14(26)17(32)16(31)10(7-28)37-23)12(9-30)38-24(15)40-20-11(8-29)36-22(35)13(25)18(20)33/h10-24,27-35H,2-9,25-26H2,1H3/t10-,11-,12-,13-,14-,15-,16-,17-,18-,19-,20?,21?,22-,23+,24+/m1/s1. The third-order valence-electron chi connectivity index (χ3n) is 7.70. The van der Waals surface area contributed by atoms with Gasteiger partial charge in [0.05, 0.1) is 37.9 Å². The van der Waals surface area contributed by atoms with Crippen molar-refractivity contribution in [2.75, 3.05) is 26.4 Å². The Morgan fingerprint density at radius 3 is 1.85 bits per heavy atom. The van der Waals surface area contributed by atoms with Gasteiger partial charge in [0.25, 0.3) is 0 Å². The Kier molecular flexibility index (Phi) is 13.3. The Hall–Kier alpha value is -0.640. The Balaban J connectivity index is 1.81. The predicted molar refractivity (Wildman–Crippen MR) is 135 cm³/mol. The molecule has 0 spiro atoms. The highest BCUT2D eigenvalue weighted by Crippen LogP contribution is 2.31. The average Bonchev–Trinajstić information content (AvgIpc) is 2.95. The number of ether oxygens (including phenoxy) is 5. The van der Waals surface area contributed by atoms with E-state index in [2.05, 4.69) is 12.2 Å². The summed E-state index contributed by atoms with van der Waals surface area (Å²) in [6, 6.07) is -3.52. The van der Waals surface area contributed by atoms with E-state index in [-0.39, 0.29) is 0 Å². The molecule has 16 heteroatoms. The fraction of sp³-hybridized carbons (Fsp3) is 1.00. The molecule has 0 aliphatic carbocycles. The van der Waals surface area contributed by atoms with E-state index in [1.54, 1.807) is 0 Å². The molecule has 3 rings (SSSR count). The maximum Gasteiger partial charge on any atom is 0.176 e. The van der Waals surface area contributed by atoms with Crippen LogP contribution < -0.4 is 16.8 Å².